The number of non-ortho nitro benzene ring substituents is 1. The third-order valence-electron chi connectivity index (χ3n) is 7.56. The second kappa shape index (κ2) is 12.9. The standard InChI is InChI=1S/C34H27N5O8S/c1-19-29(33(42)46-4)31(22-13-14-26(47-20(2)40)27(16-22)45-3)38-32(41)28(48-34(38)35-19)17-23-18-37(24-10-6-5-7-11-24)36-30(23)21-9-8-12-25(15-21)39(43)44/h5-18,31H,1-4H3. The number of nitro groups is 1. The molecule has 0 bridgehead atoms. The highest BCUT2D eigenvalue weighted by molar-refractivity contribution is 7.07. The van der Waals surface area contributed by atoms with Crippen molar-refractivity contribution in [2.45, 2.75) is 19.9 Å². The maximum Gasteiger partial charge on any atom is 0.338 e. The molecule has 0 aliphatic carbocycles. The molecule has 14 heteroatoms. The molecule has 3 aromatic carbocycles. The van der Waals surface area contributed by atoms with E-state index < -0.39 is 28.5 Å². The van der Waals surface area contributed by atoms with Gasteiger partial charge in [0, 0.05) is 36.4 Å². The second-order valence-electron chi connectivity index (χ2n) is 10.6. The maximum absolute atomic E-state index is 14.3. The van der Waals surface area contributed by atoms with E-state index in [4.69, 9.17) is 19.3 Å². The summed E-state index contributed by atoms with van der Waals surface area (Å²) in [6.45, 7) is 2.92. The number of benzene rings is 3. The van der Waals surface area contributed by atoms with Gasteiger partial charge in [0.25, 0.3) is 11.2 Å². The lowest BCUT2D eigenvalue weighted by Gasteiger charge is -2.25. The number of fused-ring (bicyclic) bond motifs is 1. The highest BCUT2D eigenvalue weighted by Crippen LogP contribution is 2.36. The normalized spacial score (nSPS) is 14.2. The van der Waals surface area contributed by atoms with Crippen molar-refractivity contribution in [2.75, 3.05) is 14.2 Å². The second-order valence-corrected chi connectivity index (χ2v) is 11.6. The number of nitro benzene ring substituents is 1. The van der Waals surface area contributed by atoms with E-state index in [0.29, 0.717) is 32.9 Å². The lowest BCUT2D eigenvalue weighted by Crippen LogP contribution is -2.39. The van der Waals surface area contributed by atoms with Gasteiger partial charge in [-0.25, -0.2) is 14.5 Å². The van der Waals surface area contributed by atoms with Crippen LogP contribution in [0.1, 0.15) is 31.0 Å². The zero-order valence-corrected chi connectivity index (χ0v) is 26.9. The van der Waals surface area contributed by atoms with Gasteiger partial charge in [0.15, 0.2) is 16.3 Å². The molecule has 5 aromatic rings. The van der Waals surface area contributed by atoms with Gasteiger partial charge in [-0.1, -0.05) is 47.7 Å². The number of hydrogen-bond donors (Lipinski definition) is 0. The Kier molecular flexibility index (Phi) is 8.57. The van der Waals surface area contributed by atoms with E-state index in [-0.39, 0.29) is 27.3 Å². The molecule has 1 unspecified atom stereocenters. The molecule has 1 aliphatic rings. The van der Waals surface area contributed by atoms with Crippen molar-refractivity contribution in [2.24, 2.45) is 4.99 Å². The van der Waals surface area contributed by atoms with Gasteiger partial charge in [0.2, 0.25) is 0 Å². The molecule has 0 spiro atoms. The number of thiazole rings is 1. The molecule has 242 valence electrons. The quantitative estimate of drug-likeness (QED) is 0.103. The summed E-state index contributed by atoms with van der Waals surface area (Å²) >= 11 is 1.11. The van der Waals surface area contributed by atoms with Gasteiger partial charge in [-0.2, -0.15) is 5.10 Å². The Morgan fingerprint density at radius 2 is 1.79 bits per heavy atom. The number of nitrogens with zero attached hydrogens (tertiary/aromatic N) is 5. The van der Waals surface area contributed by atoms with Gasteiger partial charge in [-0.05, 0) is 42.8 Å². The van der Waals surface area contributed by atoms with Crippen LogP contribution in [0, 0.1) is 10.1 Å². The first-order chi connectivity index (χ1) is 23.1. The van der Waals surface area contributed by atoms with Crippen LogP contribution in [0.25, 0.3) is 23.0 Å². The SMILES string of the molecule is COC(=O)C1=C(C)N=c2sc(=Cc3cn(-c4ccccc4)nc3-c3cccc([N+](=O)[O-])c3)c(=O)n2C1c1ccc(OC(C)=O)c(OC)c1. The number of esters is 2. The van der Waals surface area contributed by atoms with Crippen LogP contribution in [0.15, 0.2) is 100 Å². The summed E-state index contributed by atoms with van der Waals surface area (Å²) in [6.07, 6.45) is 3.39. The van der Waals surface area contributed by atoms with Crippen molar-refractivity contribution in [3.05, 3.63) is 131 Å². The average Bonchev–Trinajstić information content (AvgIpc) is 3.64. The van der Waals surface area contributed by atoms with E-state index in [1.807, 2.05) is 30.3 Å². The number of carbonyl (C=O) groups is 2. The largest absolute Gasteiger partial charge is 0.493 e. The van der Waals surface area contributed by atoms with Crippen molar-refractivity contribution < 1.29 is 28.7 Å². The Bertz CT molecular complexity index is 2320. The Hall–Kier alpha value is -6.15. The number of para-hydroxylation sites is 1. The van der Waals surface area contributed by atoms with Crippen molar-refractivity contribution >= 4 is 35.0 Å². The third-order valence-corrected chi connectivity index (χ3v) is 8.55. The number of ether oxygens (including phenoxy) is 3. The van der Waals surface area contributed by atoms with Crippen molar-refractivity contribution in [3.8, 4) is 28.4 Å². The number of carbonyl (C=O) groups excluding carboxylic acids is 2. The van der Waals surface area contributed by atoms with E-state index in [0.717, 1.165) is 17.0 Å². The molecule has 48 heavy (non-hydrogen) atoms. The molecule has 1 atom stereocenters. The number of allylic oxidation sites excluding steroid dienone is 1. The van der Waals surface area contributed by atoms with Crippen LogP contribution in [-0.2, 0) is 14.3 Å². The minimum absolute atomic E-state index is 0.104. The molecule has 2 aromatic heterocycles. The first-order valence-electron chi connectivity index (χ1n) is 14.5. The van der Waals surface area contributed by atoms with Gasteiger partial charge < -0.3 is 14.2 Å². The van der Waals surface area contributed by atoms with Gasteiger partial charge in [0.1, 0.15) is 5.69 Å². The van der Waals surface area contributed by atoms with Gasteiger partial charge in [0.05, 0.1) is 46.7 Å². The molecule has 0 amide bonds. The molecule has 0 radical (unpaired) electrons. The van der Waals surface area contributed by atoms with Gasteiger partial charge in [-0.15, -0.1) is 0 Å². The number of hydrogen-bond acceptors (Lipinski definition) is 11. The highest BCUT2D eigenvalue weighted by Gasteiger charge is 2.34. The molecular weight excluding hydrogens is 638 g/mol. The Balaban J connectivity index is 1.57. The van der Waals surface area contributed by atoms with Crippen molar-refractivity contribution in [3.63, 3.8) is 0 Å². The summed E-state index contributed by atoms with van der Waals surface area (Å²) in [5.41, 5.74) is 2.62. The van der Waals surface area contributed by atoms with Crippen LogP contribution in [0.3, 0.4) is 0 Å². The fraction of sp³-hybridized carbons (Fsp3) is 0.147. The summed E-state index contributed by atoms with van der Waals surface area (Å²) in [7, 11) is 2.66. The van der Waals surface area contributed by atoms with Crippen LogP contribution < -0.4 is 24.4 Å². The summed E-state index contributed by atoms with van der Waals surface area (Å²) in [5, 5.41) is 16.3. The zero-order valence-electron chi connectivity index (χ0n) is 26.1. The molecular formula is C34H27N5O8S. The molecule has 0 N–H and O–H groups in total. The minimum Gasteiger partial charge on any atom is -0.493 e. The minimum atomic E-state index is -0.959. The van der Waals surface area contributed by atoms with Gasteiger partial charge in [-0.3, -0.25) is 24.3 Å². The van der Waals surface area contributed by atoms with E-state index in [1.165, 1.54) is 43.9 Å². The molecule has 1 aliphatic heterocycles. The monoisotopic (exact) mass is 665 g/mol. The zero-order chi connectivity index (χ0) is 34.1. The van der Waals surface area contributed by atoms with Crippen LogP contribution in [-0.4, -0.2) is 45.4 Å². The van der Waals surface area contributed by atoms with Crippen LogP contribution in [0.4, 0.5) is 5.69 Å². The fourth-order valence-electron chi connectivity index (χ4n) is 5.44. The van der Waals surface area contributed by atoms with E-state index >= 15 is 0 Å². The number of methoxy groups -OCH3 is 2. The van der Waals surface area contributed by atoms with Crippen molar-refractivity contribution in [1.29, 1.82) is 0 Å². The molecule has 0 saturated carbocycles. The predicted octanol–water partition coefficient (Wildman–Crippen LogP) is 4.10. The first-order valence-corrected chi connectivity index (χ1v) is 15.3. The molecule has 0 fully saturated rings. The van der Waals surface area contributed by atoms with E-state index in [9.17, 15) is 24.5 Å². The lowest BCUT2D eigenvalue weighted by molar-refractivity contribution is -0.384. The fourth-order valence-corrected chi connectivity index (χ4v) is 6.48. The topological polar surface area (TPSA) is 157 Å². The number of rotatable bonds is 8. The first kappa shape index (κ1) is 31.8. The number of aromatic nitrogens is 3. The summed E-state index contributed by atoms with van der Waals surface area (Å²) in [6, 6.07) is 19.2. The van der Waals surface area contributed by atoms with Gasteiger partial charge >= 0.3 is 11.9 Å². The Morgan fingerprint density at radius 1 is 1.02 bits per heavy atom. The highest BCUT2D eigenvalue weighted by atomic mass is 32.1. The van der Waals surface area contributed by atoms with E-state index in [2.05, 4.69) is 4.99 Å². The summed E-state index contributed by atoms with van der Waals surface area (Å²) in [5.74, 6) is -0.819. The summed E-state index contributed by atoms with van der Waals surface area (Å²) in [4.78, 5) is 55.1. The Labute approximate surface area is 276 Å². The predicted molar refractivity (Wildman–Crippen MR) is 176 cm³/mol. The van der Waals surface area contributed by atoms with E-state index in [1.54, 1.807) is 48.1 Å². The average molecular weight is 666 g/mol. The smallest absolute Gasteiger partial charge is 0.338 e. The lowest BCUT2D eigenvalue weighted by atomic mass is 9.95. The molecule has 13 nitrogen and oxygen atoms in total. The van der Waals surface area contributed by atoms with Crippen LogP contribution in [0.2, 0.25) is 0 Å². The van der Waals surface area contributed by atoms with Crippen LogP contribution in [0.5, 0.6) is 11.5 Å². The third kappa shape index (κ3) is 5.91. The van der Waals surface area contributed by atoms with Crippen LogP contribution >= 0.6 is 11.3 Å². The van der Waals surface area contributed by atoms with Crippen molar-refractivity contribution in [1.82, 2.24) is 14.3 Å². The maximum atomic E-state index is 14.3. The molecule has 0 saturated heterocycles. The summed E-state index contributed by atoms with van der Waals surface area (Å²) < 4.78 is 19.2. The Morgan fingerprint density at radius 3 is 2.48 bits per heavy atom. The molecule has 6 rings (SSSR count). The molecule has 3 heterocycles.